The van der Waals surface area contributed by atoms with Gasteiger partial charge in [0.15, 0.2) is 0 Å². The highest BCUT2D eigenvalue weighted by Crippen LogP contribution is 2.22. The summed E-state index contributed by atoms with van der Waals surface area (Å²) in [6.45, 7) is 3.56. The molecule has 0 unspecified atom stereocenters. The lowest BCUT2D eigenvalue weighted by atomic mass is 10.0. The summed E-state index contributed by atoms with van der Waals surface area (Å²) >= 11 is 0. The maximum Gasteiger partial charge on any atom is 0.389 e. The Balaban J connectivity index is 2.01. The van der Waals surface area contributed by atoms with Gasteiger partial charge in [-0.05, 0) is 13.3 Å². The van der Waals surface area contributed by atoms with Gasteiger partial charge in [0.2, 0.25) is 0 Å². The van der Waals surface area contributed by atoms with Crippen LogP contribution >= 0.6 is 0 Å². The molecular weight excluding hydrogens is 183 g/mol. The number of nitrogens with one attached hydrogen (secondary N) is 1. The van der Waals surface area contributed by atoms with Crippen LogP contribution in [-0.4, -0.2) is 31.5 Å². The SMILES string of the molecule is CC1(OCCCC(F)(F)F)CNC1. The van der Waals surface area contributed by atoms with Crippen LogP contribution in [0.25, 0.3) is 0 Å². The van der Waals surface area contributed by atoms with E-state index >= 15 is 0 Å². The smallest absolute Gasteiger partial charge is 0.373 e. The van der Waals surface area contributed by atoms with Gasteiger partial charge in [0.25, 0.3) is 0 Å². The molecule has 1 aliphatic rings. The summed E-state index contributed by atoms with van der Waals surface area (Å²) in [5, 5.41) is 3.01. The molecule has 2 nitrogen and oxygen atoms in total. The van der Waals surface area contributed by atoms with Gasteiger partial charge < -0.3 is 10.1 Å². The molecule has 1 fully saturated rings. The highest BCUT2D eigenvalue weighted by molar-refractivity contribution is 4.89. The van der Waals surface area contributed by atoms with E-state index < -0.39 is 12.6 Å². The zero-order chi connectivity index (χ0) is 9.95. The molecule has 0 amide bonds. The van der Waals surface area contributed by atoms with Crippen LogP contribution in [0.3, 0.4) is 0 Å². The normalized spacial score (nSPS) is 21.2. The first-order valence-corrected chi connectivity index (χ1v) is 4.33. The molecule has 1 aliphatic heterocycles. The van der Waals surface area contributed by atoms with Gasteiger partial charge >= 0.3 is 6.18 Å². The Morgan fingerprint density at radius 3 is 2.38 bits per heavy atom. The average molecular weight is 197 g/mol. The molecule has 0 aromatic rings. The lowest BCUT2D eigenvalue weighted by Gasteiger charge is -2.39. The molecule has 0 atom stereocenters. The van der Waals surface area contributed by atoms with Gasteiger partial charge in [-0.2, -0.15) is 13.2 Å². The second-order valence-electron chi connectivity index (χ2n) is 3.62. The third-order valence-corrected chi connectivity index (χ3v) is 2.05. The number of ether oxygens (including phenoxy) is 1. The Labute approximate surface area is 75.4 Å². The molecule has 1 saturated heterocycles. The quantitative estimate of drug-likeness (QED) is 0.693. The molecular formula is C8H14F3NO. The van der Waals surface area contributed by atoms with Crippen LogP contribution in [0, 0.1) is 0 Å². The molecule has 0 aromatic carbocycles. The Morgan fingerprint density at radius 1 is 1.38 bits per heavy atom. The van der Waals surface area contributed by atoms with Crippen LogP contribution in [-0.2, 0) is 4.74 Å². The van der Waals surface area contributed by atoms with Crippen molar-refractivity contribution in [1.29, 1.82) is 0 Å². The molecule has 0 spiro atoms. The van der Waals surface area contributed by atoms with Gasteiger partial charge in [0.1, 0.15) is 0 Å². The first kappa shape index (κ1) is 10.8. The van der Waals surface area contributed by atoms with Crippen LogP contribution in [0.15, 0.2) is 0 Å². The second-order valence-corrected chi connectivity index (χ2v) is 3.62. The highest BCUT2D eigenvalue weighted by Gasteiger charge is 2.33. The first-order valence-electron chi connectivity index (χ1n) is 4.33. The van der Waals surface area contributed by atoms with Crippen molar-refractivity contribution in [2.75, 3.05) is 19.7 Å². The molecule has 13 heavy (non-hydrogen) atoms. The molecule has 5 heteroatoms. The third kappa shape index (κ3) is 3.95. The van der Waals surface area contributed by atoms with Crippen LogP contribution in [0.5, 0.6) is 0 Å². The Hall–Kier alpha value is -0.290. The zero-order valence-corrected chi connectivity index (χ0v) is 7.58. The van der Waals surface area contributed by atoms with Crippen molar-refractivity contribution in [3.05, 3.63) is 0 Å². The molecule has 0 radical (unpaired) electrons. The Kier molecular flexibility index (Phi) is 3.18. The summed E-state index contributed by atoms with van der Waals surface area (Å²) < 4.78 is 40.4. The largest absolute Gasteiger partial charge is 0.389 e. The van der Waals surface area contributed by atoms with E-state index in [1.807, 2.05) is 6.92 Å². The molecule has 78 valence electrons. The van der Waals surface area contributed by atoms with Gasteiger partial charge in [-0.25, -0.2) is 0 Å². The van der Waals surface area contributed by atoms with E-state index in [9.17, 15) is 13.2 Å². The first-order chi connectivity index (χ1) is 5.91. The number of hydrogen-bond donors (Lipinski definition) is 1. The summed E-state index contributed by atoms with van der Waals surface area (Å²) in [4.78, 5) is 0. The molecule has 0 aliphatic carbocycles. The highest BCUT2D eigenvalue weighted by atomic mass is 19.4. The summed E-state index contributed by atoms with van der Waals surface area (Å²) in [5.41, 5.74) is -0.231. The number of halogens is 3. The number of alkyl halides is 3. The van der Waals surface area contributed by atoms with Crippen molar-refractivity contribution >= 4 is 0 Å². The molecule has 0 saturated carbocycles. The van der Waals surface area contributed by atoms with Crippen molar-refractivity contribution < 1.29 is 17.9 Å². The minimum atomic E-state index is -4.05. The molecule has 1 N–H and O–H groups in total. The van der Waals surface area contributed by atoms with Gasteiger partial charge in [-0.3, -0.25) is 0 Å². The van der Waals surface area contributed by atoms with Crippen molar-refractivity contribution in [3.8, 4) is 0 Å². The maximum atomic E-state index is 11.7. The van der Waals surface area contributed by atoms with Crippen molar-refractivity contribution in [2.45, 2.75) is 31.5 Å². The summed E-state index contributed by atoms with van der Waals surface area (Å²) in [6, 6.07) is 0. The summed E-state index contributed by atoms with van der Waals surface area (Å²) in [6.07, 6.45) is -4.75. The van der Waals surface area contributed by atoms with Gasteiger partial charge in [-0.15, -0.1) is 0 Å². The van der Waals surface area contributed by atoms with E-state index in [4.69, 9.17) is 4.74 Å². The predicted octanol–water partition coefficient (Wildman–Crippen LogP) is 1.71. The van der Waals surface area contributed by atoms with E-state index in [1.165, 1.54) is 0 Å². The standard InChI is InChI=1S/C8H14F3NO/c1-7(5-12-6-7)13-4-2-3-8(9,10)11/h12H,2-6H2,1H3. The second kappa shape index (κ2) is 3.84. The van der Waals surface area contributed by atoms with Crippen LogP contribution < -0.4 is 5.32 Å². The molecule has 0 bridgehead atoms. The van der Waals surface area contributed by atoms with E-state index in [0.29, 0.717) is 0 Å². The van der Waals surface area contributed by atoms with Crippen LogP contribution in [0.2, 0.25) is 0 Å². The summed E-state index contributed by atoms with van der Waals surface area (Å²) in [5.74, 6) is 0. The average Bonchev–Trinajstić information content (AvgIpc) is 1.93. The summed E-state index contributed by atoms with van der Waals surface area (Å²) in [7, 11) is 0. The van der Waals surface area contributed by atoms with Crippen molar-refractivity contribution in [2.24, 2.45) is 0 Å². The van der Waals surface area contributed by atoms with E-state index in [-0.39, 0.29) is 18.6 Å². The van der Waals surface area contributed by atoms with Gasteiger partial charge in [0.05, 0.1) is 5.60 Å². The Morgan fingerprint density at radius 2 is 2.00 bits per heavy atom. The number of hydrogen-bond acceptors (Lipinski definition) is 2. The van der Waals surface area contributed by atoms with Crippen molar-refractivity contribution in [3.63, 3.8) is 0 Å². The fourth-order valence-corrected chi connectivity index (χ4v) is 1.17. The van der Waals surface area contributed by atoms with Gasteiger partial charge in [-0.1, -0.05) is 0 Å². The lowest BCUT2D eigenvalue weighted by Crippen LogP contribution is -2.59. The lowest BCUT2D eigenvalue weighted by molar-refractivity contribution is -0.143. The molecule has 1 rings (SSSR count). The monoisotopic (exact) mass is 197 g/mol. The van der Waals surface area contributed by atoms with Gasteiger partial charge in [0, 0.05) is 26.1 Å². The third-order valence-electron chi connectivity index (χ3n) is 2.05. The zero-order valence-electron chi connectivity index (χ0n) is 7.58. The van der Waals surface area contributed by atoms with E-state index in [1.54, 1.807) is 0 Å². The molecule has 1 heterocycles. The minimum Gasteiger partial charge on any atom is -0.373 e. The fraction of sp³-hybridized carbons (Fsp3) is 1.00. The van der Waals surface area contributed by atoms with E-state index in [0.717, 1.165) is 13.1 Å². The topological polar surface area (TPSA) is 21.3 Å². The Bertz CT molecular complexity index is 165. The fourth-order valence-electron chi connectivity index (χ4n) is 1.17. The number of rotatable bonds is 4. The molecule has 0 aromatic heterocycles. The predicted molar refractivity (Wildman–Crippen MR) is 42.5 cm³/mol. The van der Waals surface area contributed by atoms with E-state index in [2.05, 4.69) is 5.32 Å². The van der Waals surface area contributed by atoms with Crippen LogP contribution in [0.1, 0.15) is 19.8 Å². The van der Waals surface area contributed by atoms with Crippen LogP contribution in [0.4, 0.5) is 13.2 Å². The minimum absolute atomic E-state index is 0.0547. The maximum absolute atomic E-state index is 11.7. The van der Waals surface area contributed by atoms with Crippen molar-refractivity contribution in [1.82, 2.24) is 5.32 Å².